The molecule has 84 valence electrons. The number of hydrogen-bond acceptors (Lipinski definition) is 3. The van der Waals surface area contributed by atoms with Crippen LogP contribution in [-0.2, 0) is 4.74 Å². The Morgan fingerprint density at radius 2 is 2.00 bits per heavy atom. The van der Waals surface area contributed by atoms with Gasteiger partial charge in [0.2, 0.25) is 0 Å². The number of nitrogens with zero attached hydrogens (tertiary/aromatic N) is 1. The first-order chi connectivity index (χ1) is 6.86. The van der Waals surface area contributed by atoms with E-state index in [9.17, 15) is 0 Å². The summed E-state index contributed by atoms with van der Waals surface area (Å²) in [7, 11) is 0. The SMILES string of the molecule is CCCN(CCN)CC1CCOCC1. The van der Waals surface area contributed by atoms with Crippen LogP contribution in [0, 0.1) is 5.92 Å². The van der Waals surface area contributed by atoms with Crippen molar-refractivity contribution in [1.82, 2.24) is 4.90 Å². The summed E-state index contributed by atoms with van der Waals surface area (Å²) in [4.78, 5) is 2.50. The summed E-state index contributed by atoms with van der Waals surface area (Å²) < 4.78 is 5.36. The van der Waals surface area contributed by atoms with Crippen molar-refractivity contribution < 1.29 is 4.74 Å². The zero-order valence-corrected chi connectivity index (χ0v) is 9.37. The molecular weight excluding hydrogens is 176 g/mol. The summed E-state index contributed by atoms with van der Waals surface area (Å²) in [6.45, 7) is 8.37. The molecule has 0 bridgehead atoms. The minimum Gasteiger partial charge on any atom is -0.381 e. The Morgan fingerprint density at radius 3 is 2.57 bits per heavy atom. The van der Waals surface area contributed by atoms with E-state index in [0.29, 0.717) is 0 Å². The molecule has 0 aromatic heterocycles. The maximum absolute atomic E-state index is 5.60. The highest BCUT2D eigenvalue weighted by atomic mass is 16.5. The van der Waals surface area contributed by atoms with Gasteiger partial charge >= 0.3 is 0 Å². The molecule has 0 radical (unpaired) electrons. The van der Waals surface area contributed by atoms with Crippen molar-refractivity contribution in [1.29, 1.82) is 0 Å². The predicted octanol–water partition coefficient (Wildman–Crippen LogP) is 1.08. The first kappa shape index (κ1) is 12.0. The average Bonchev–Trinajstić information content (AvgIpc) is 2.20. The van der Waals surface area contributed by atoms with E-state index < -0.39 is 0 Å². The predicted molar refractivity (Wildman–Crippen MR) is 59.3 cm³/mol. The first-order valence-corrected chi connectivity index (χ1v) is 5.87. The highest BCUT2D eigenvalue weighted by molar-refractivity contribution is 4.69. The lowest BCUT2D eigenvalue weighted by Gasteiger charge is -2.29. The number of ether oxygens (including phenoxy) is 1. The fraction of sp³-hybridized carbons (Fsp3) is 1.00. The third kappa shape index (κ3) is 4.40. The molecule has 14 heavy (non-hydrogen) atoms. The number of hydrogen-bond donors (Lipinski definition) is 1. The van der Waals surface area contributed by atoms with Crippen molar-refractivity contribution in [2.45, 2.75) is 26.2 Å². The lowest BCUT2D eigenvalue weighted by Crippen LogP contribution is -2.36. The maximum Gasteiger partial charge on any atom is 0.0469 e. The summed E-state index contributed by atoms with van der Waals surface area (Å²) in [6.07, 6.45) is 3.68. The Balaban J connectivity index is 2.21. The van der Waals surface area contributed by atoms with Gasteiger partial charge in [-0.15, -0.1) is 0 Å². The Labute approximate surface area is 87.6 Å². The maximum atomic E-state index is 5.60. The smallest absolute Gasteiger partial charge is 0.0469 e. The Hall–Kier alpha value is -0.120. The molecule has 1 rings (SSSR count). The van der Waals surface area contributed by atoms with Crippen molar-refractivity contribution in [2.24, 2.45) is 11.7 Å². The minimum atomic E-state index is 0.781. The third-order valence-corrected chi connectivity index (χ3v) is 2.84. The highest BCUT2D eigenvalue weighted by Gasteiger charge is 2.16. The van der Waals surface area contributed by atoms with Crippen molar-refractivity contribution in [3.05, 3.63) is 0 Å². The first-order valence-electron chi connectivity index (χ1n) is 5.87. The molecule has 2 N–H and O–H groups in total. The van der Waals surface area contributed by atoms with Crippen LogP contribution in [-0.4, -0.2) is 44.3 Å². The molecule has 0 aromatic rings. The van der Waals surface area contributed by atoms with E-state index in [2.05, 4.69) is 11.8 Å². The van der Waals surface area contributed by atoms with Crippen LogP contribution in [0.3, 0.4) is 0 Å². The van der Waals surface area contributed by atoms with Crippen molar-refractivity contribution in [2.75, 3.05) is 39.4 Å². The molecule has 0 aromatic carbocycles. The average molecular weight is 200 g/mol. The van der Waals surface area contributed by atoms with E-state index >= 15 is 0 Å². The molecule has 1 aliphatic rings. The van der Waals surface area contributed by atoms with E-state index in [1.165, 1.54) is 32.4 Å². The molecule has 0 aliphatic carbocycles. The molecule has 3 nitrogen and oxygen atoms in total. The molecular formula is C11H24N2O. The fourth-order valence-corrected chi connectivity index (χ4v) is 2.09. The van der Waals surface area contributed by atoms with Crippen LogP contribution in [0.4, 0.5) is 0 Å². The van der Waals surface area contributed by atoms with Crippen LogP contribution in [0.2, 0.25) is 0 Å². The van der Waals surface area contributed by atoms with Gasteiger partial charge in [0.05, 0.1) is 0 Å². The second-order valence-electron chi connectivity index (χ2n) is 4.15. The lowest BCUT2D eigenvalue weighted by atomic mass is 9.99. The standard InChI is InChI=1S/C11H24N2O/c1-2-6-13(7-5-12)10-11-3-8-14-9-4-11/h11H,2-10,12H2,1H3. The molecule has 1 aliphatic heterocycles. The molecule has 0 atom stereocenters. The van der Waals surface area contributed by atoms with Gasteiger partial charge in [-0.3, -0.25) is 0 Å². The summed E-state index contributed by atoms with van der Waals surface area (Å²) in [6, 6.07) is 0. The van der Waals surface area contributed by atoms with Gasteiger partial charge in [0.25, 0.3) is 0 Å². The Kier molecular flexibility index (Phi) is 6.15. The molecule has 1 fully saturated rings. The normalized spacial score (nSPS) is 19.1. The molecule has 0 spiro atoms. The van der Waals surface area contributed by atoms with E-state index in [0.717, 1.165) is 32.2 Å². The van der Waals surface area contributed by atoms with E-state index in [1.54, 1.807) is 0 Å². The van der Waals surface area contributed by atoms with Crippen LogP contribution in [0.5, 0.6) is 0 Å². The molecule has 0 unspecified atom stereocenters. The molecule has 3 heteroatoms. The topological polar surface area (TPSA) is 38.5 Å². The minimum absolute atomic E-state index is 0.781. The van der Waals surface area contributed by atoms with Gasteiger partial charge in [-0.25, -0.2) is 0 Å². The quantitative estimate of drug-likeness (QED) is 0.697. The third-order valence-electron chi connectivity index (χ3n) is 2.84. The van der Waals surface area contributed by atoms with Crippen LogP contribution in [0.25, 0.3) is 0 Å². The van der Waals surface area contributed by atoms with E-state index in [1.807, 2.05) is 0 Å². The summed E-state index contributed by atoms with van der Waals surface area (Å²) in [5, 5.41) is 0. The summed E-state index contributed by atoms with van der Waals surface area (Å²) >= 11 is 0. The van der Waals surface area contributed by atoms with Gasteiger partial charge in [-0.05, 0) is 31.7 Å². The van der Waals surface area contributed by atoms with Gasteiger partial charge in [0, 0.05) is 32.8 Å². The van der Waals surface area contributed by atoms with Crippen LogP contribution in [0.15, 0.2) is 0 Å². The highest BCUT2D eigenvalue weighted by Crippen LogP contribution is 2.15. The second kappa shape index (κ2) is 7.21. The summed E-state index contributed by atoms with van der Waals surface area (Å²) in [5.41, 5.74) is 5.60. The second-order valence-corrected chi connectivity index (χ2v) is 4.15. The zero-order valence-electron chi connectivity index (χ0n) is 9.37. The monoisotopic (exact) mass is 200 g/mol. The van der Waals surface area contributed by atoms with Gasteiger partial charge in [0.1, 0.15) is 0 Å². The van der Waals surface area contributed by atoms with Gasteiger partial charge in [0.15, 0.2) is 0 Å². The molecule has 0 saturated carbocycles. The summed E-state index contributed by atoms with van der Waals surface area (Å²) in [5.74, 6) is 0.835. The Bertz CT molecular complexity index is 129. The molecule has 0 amide bonds. The van der Waals surface area contributed by atoms with Crippen molar-refractivity contribution >= 4 is 0 Å². The number of rotatable bonds is 6. The van der Waals surface area contributed by atoms with E-state index in [4.69, 9.17) is 10.5 Å². The van der Waals surface area contributed by atoms with Crippen molar-refractivity contribution in [3.8, 4) is 0 Å². The van der Waals surface area contributed by atoms with Crippen LogP contribution in [0.1, 0.15) is 26.2 Å². The van der Waals surface area contributed by atoms with E-state index in [-0.39, 0.29) is 0 Å². The van der Waals surface area contributed by atoms with Crippen LogP contribution >= 0.6 is 0 Å². The van der Waals surface area contributed by atoms with Gasteiger partial charge in [-0.1, -0.05) is 6.92 Å². The van der Waals surface area contributed by atoms with Crippen LogP contribution < -0.4 is 5.73 Å². The van der Waals surface area contributed by atoms with Gasteiger partial charge < -0.3 is 15.4 Å². The van der Waals surface area contributed by atoms with Gasteiger partial charge in [-0.2, -0.15) is 0 Å². The Morgan fingerprint density at radius 1 is 1.29 bits per heavy atom. The van der Waals surface area contributed by atoms with Crippen molar-refractivity contribution in [3.63, 3.8) is 0 Å². The zero-order chi connectivity index (χ0) is 10.2. The fourth-order valence-electron chi connectivity index (χ4n) is 2.09. The largest absolute Gasteiger partial charge is 0.381 e. The number of nitrogens with two attached hydrogens (primary N) is 1. The lowest BCUT2D eigenvalue weighted by molar-refractivity contribution is 0.0529. The molecule has 1 heterocycles. The molecule has 1 saturated heterocycles.